The summed E-state index contributed by atoms with van der Waals surface area (Å²) in [4.78, 5) is 0.233. The van der Waals surface area contributed by atoms with E-state index in [0.717, 1.165) is 6.61 Å². The smallest absolute Gasteiger partial charge is 0.242 e. The summed E-state index contributed by atoms with van der Waals surface area (Å²) >= 11 is 0. The molecule has 118 valence electrons. The van der Waals surface area contributed by atoms with Gasteiger partial charge in [0.25, 0.3) is 0 Å². The molecule has 1 aliphatic rings. The molecule has 1 saturated carbocycles. The lowest BCUT2D eigenvalue weighted by molar-refractivity contribution is 0.117. The SMILES string of the molecule is CC(O)c1ccc(S(=O)(=O)N(C)CCOCC2CC2)cc1. The third kappa shape index (κ3) is 4.51. The number of hydrogen-bond donors (Lipinski definition) is 1. The monoisotopic (exact) mass is 313 g/mol. The van der Waals surface area contributed by atoms with Crippen LogP contribution in [0.15, 0.2) is 29.2 Å². The van der Waals surface area contributed by atoms with Crippen LogP contribution in [0.25, 0.3) is 0 Å². The Bertz CT molecular complexity index is 550. The van der Waals surface area contributed by atoms with Crippen molar-refractivity contribution < 1.29 is 18.3 Å². The molecule has 0 saturated heterocycles. The molecule has 0 aromatic heterocycles. The Balaban J connectivity index is 1.91. The molecule has 1 aliphatic carbocycles. The molecule has 2 rings (SSSR count). The molecular formula is C15H23NO4S. The first kappa shape index (κ1) is 16.4. The van der Waals surface area contributed by atoms with Gasteiger partial charge in [-0.2, -0.15) is 4.31 Å². The second-order valence-electron chi connectivity index (χ2n) is 5.59. The van der Waals surface area contributed by atoms with Gasteiger partial charge >= 0.3 is 0 Å². The number of aliphatic hydroxyl groups is 1. The Morgan fingerprint density at radius 1 is 1.33 bits per heavy atom. The van der Waals surface area contributed by atoms with Gasteiger partial charge in [-0.15, -0.1) is 0 Å². The van der Waals surface area contributed by atoms with Gasteiger partial charge in [0, 0.05) is 20.2 Å². The maximum atomic E-state index is 12.4. The zero-order valence-corrected chi connectivity index (χ0v) is 13.3. The minimum atomic E-state index is -3.49. The Kier molecular flexibility index (Phi) is 5.37. The Hall–Kier alpha value is -0.950. The van der Waals surface area contributed by atoms with Crippen molar-refractivity contribution in [3.8, 4) is 0 Å². The number of nitrogens with zero attached hydrogens (tertiary/aromatic N) is 1. The normalized spacial score (nSPS) is 17.1. The lowest BCUT2D eigenvalue weighted by Gasteiger charge is -2.17. The maximum Gasteiger partial charge on any atom is 0.242 e. The fourth-order valence-electron chi connectivity index (χ4n) is 1.95. The molecule has 0 radical (unpaired) electrons. The highest BCUT2D eigenvalue weighted by Crippen LogP contribution is 2.28. The van der Waals surface area contributed by atoms with Gasteiger partial charge in [0.15, 0.2) is 0 Å². The summed E-state index contributed by atoms with van der Waals surface area (Å²) in [6, 6.07) is 6.32. The summed E-state index contributed by atoms with van der Waals surface area (Å²) in [5.74, 6) is 0.680. The van der Waals surface area contributed by atoms with Crippen molar-refractivity contribution in [3.05, 3.63) is 29.8 Å². The molecule has 5 nitrogen and oxygen atoms in total. The van der Waals surface area contributed by atoms with Gasteiger partial charge in [-0.05, 0) is 43.4 Å². The zero-order chi connectivity index (χ0) is 15.5. The standard InChI is InChI=1S/C15H23NO4S/c1-12(17)14-5-7-15(8-6-14)21(18,19)16(2)9-10-20-11-13-3-4-13/h5-8,12-13,17H,3-4,9-11H2,1-2H3. The molecule has 0 amide bonds. The Labute approximate surface area is 126 Å². The van der Waals surface area contributed by atoms with E-state index in [-0.39, 0.29) is 4.90 Å². The van der Waals surface area contributed by atoms with Crippen molar-refractivity contribution in [1.29, 1.82) is 0 Å². The molecule has 1 atom stereocenters. The van der Waals surface area contributed by atoms with Crippen molar-refractivity contribution in [2.24, 2.45) is 5.92 Å². The van der Waals surface area contributed by atoms with E-state index < -0.39 is 16.1 Å². The molecule has 1 aromatic carbocycles. The number of ether oxygens (including phenoxy) is 1. The number of benzene rings is 1. The van der Waals surface area contributed by atoms with E-state index in [1.54, 1.807) is 26.1 Å². The number of hydrogen-bond acceptors (Lipinski definition) is 4. The largest absolute Gasteiger partial charge is 0.389 e. The van der Waals surface area contributed by atoms with Crippen LogP contribution in [0.4, 0.5) is 0 Å². The van der Waals surface area contributed by atoms with Crippen LogP contribution in [0.2, 0.25) is 0 Å². The lowest BCUT2D eigenvalue weighted by Crippen LogP contribution is -2.30. The van der Waals surface area contributed by atoms with Gasteiger partial charge in [-0.3, -0.25) is 0 Å². The number of likely N-dealkylation sites (N-methyl/N-ethyl adjacent to an activating group) is 1. The topological polar surface area (TPSA) is 66.8 Å². The van der Waals surface area contributed by atoms with Crippen LogP contribution in [0.3, 0.4) is 0 Å². The van der Waals surface area contributed by atoms with Crippen molar-refractivity contribution in [1.82, 2.24) is 4.31 Å². The Morgan fingerprint density at radius 3 is 2.48 bits per heavy atom. The van der Waals surface area contributed by atoms with Gasteiger partial charge in [-0.1, -0.05) is 12.1 Å². The van der Waals surface area contributed by atoms with Crippen LogP contribution in [0.5, 0.6) is 0 Å². The second-order valence-corrected chi connectivity index (χ2v) is 7.63. The van der Waals surface area contributed by atoms with E-state index in [1.807, 2.05) is 0 Å². The van der Waals surface area contributed by atoms with Crippen LogP contribution < -0.4 is 0 Å². The summed E-state index contributed by atoms with van der Waals surface area (Å²) in [6.07, 6.45) is 1.85. The van der Waals surface area contributed by atoms with Gasteiger partial charge in [0.1, 0.15) is 0 Å². The fraction of sp³-hybridized carbons (Fsp3) is 0.600. The van der Waals surface area contributed by atoms with Crippen LogP contribution in [-0.4, -0.2) is 44.6 Å². The van der Waals surface area contributed by atoms with Gasteiger partial charge < -0.3 is 9.84 Å². The highest BCUT2D eigenvalue weighted by Gasteiger charge is 2.23. The molecule has 6 heteroatoms. The highest BCUT2D eigenvalue weighted by molar-refractivity contribution is 7.89. The molecule has 0 spiro atoms. The predicted molar refractivity (Wildman–Crippen MR) is 80.4 cm³/mol. The summed E-state index contributed by atoms with van der Waals surface area (Å²) in [5, 5.41) is 9.44. The minimum Gasteiger partial charge on any atom is -0.389 e. The Morgan fingerprint density at radius 2 is 1.95 bits per heavy atom. The van der Waals surface area contributed by atoms with Crippen molar-refractivity contribution in [2.75, 3.05) is 26.8 Å². The summed E-state index contributed by atoms with van der Waals surface area (Å²) in [5.41, 5.74) is 0.698. The van der Waals surface area contributed by atoms with Crippen LogP contribution >= 0.6 is 0 Å². The average molecular weight is 313 g/mol. The molecule has 1 unspecified atom stereocenters. The second kappa shape index (κ2) is 6.87. The molecule has 0 heterocycles. The molecule has 1 N–H and O–H groups in total. The first-order valence-corrected chi connectivity index (χ1v) is 8.67. The third-order valence-corrected chi connectivity index (χ3v) is 5.54. The lowest BCUT2D eigenvalue weighted by atomic mass is 10.1. The highest BCUT2D eigenvalue weighted by atomic mass is 32.2. The first-order valence-electron chi connectivity index (χ1n) is 7.23. The minimum absolute atomic E-state index is 0.233. The quantitative estimate of drug-likeness (QED) is 0.743. The first-order chi connectivity index (χ1) is 9.91. The van der Waals surface area contributed by atoms with Gasteiger partial charge in [0.2, 0.25) is 10.0 Å². The molecule has 0 aliphatic heterocycles. The van der Waals surface area contributed by atoms with E-state index in [4.69, 9.17) is 4.74 Å². The fourth-order valence-corrected chi connectivity index (χ4v) is 3.10. The number of sulfonamides is 1. The van der Waals surface area contributed by atoms with E-state index in [2.05, 4.69) is 0 Å². The van der Waals surface area contributed by atoms with E-state index in [0.29, 0.717) is 24.6 Å². The van der Waals surface area contributed by atoms with Gasteiger partial charge in [-0.25, -0.2) is 8.42 Å². The van der Waals surface area contributed by atoms with Gasteiger partial charge in [0.05, 0.1) is 17.6 Å². The van der Waals surface area contributed by atoms with Crippen LogP contribution in [0.1, 0.15) is 31.4 Å². The summed E-state index contributed by atoms with van der Waals surface area (Å²) < 4.78 is 31.5. The molecular weight excluding hydrogens is 290 g/mol. The summed E-state index contributed by atoms with van der Waals surface area (Å²) in [7, 11) is -1.94. The maximum absolute atomic E-state index is 12.4. The van der Waals surface area contributed by atoms with Crippen molar-refractivity contribution in [3.63, 3.8) is 0 Å². The molecule has 0 bridgehead atoms. The van der Waals surface area contributed by atoms with E-state index in [9.17, 15) is 13.5 Å². The molecule has 1 aromatic rings. The van der Waals surface area contributed by atoms with Crippen molar-refractivity contribution in [2.45, 2.75) is 30.8 Å². The van der Waals surface area contributed by atoms with E-state index >= 15 is 0 Å². The number of rotatable bonds is 8. The van der Waals surface area contributed by atoms with Crippen LogP contribution in [-0.2, 0) is 14.8 Å². The zero-order valence-electron chi connectivity index (χ0n) is 12.5. The predicted octanol–water partition coefficient (Wildman–Crippen LogP) is 1.79. The molecule has 1 fully saturated rings. The molecule has 21 heavy (non-hydrogen) atoms. The average Bonchev–Trinajstić information content (AvgIpc) is 3.27. The van der Waals surface area contributed by atoms with Crippen LogP contribution in [0, 0.1) is 5.92 Å². The number of aliphatic hydroxyl groups excluding tert-OH is 1. The van der Waals surface area contributed by atoms with E-state index in [1.165, 1.54) is 29.3 Å². The van der Waals surface area contributed by atoms with Crippen molar-refractivity contribution >= 4 is 10.0 Å². The third-order valence-electron chi connectivity index (χ3n) is 3.67. The summed E-state index contributed by atoms with van der Waals surface area (Å²) in [6.45, 7) is 3.13.